The highest BCUT2D eigenvalue weighted by Gasteiger charge is 2.20. The fourth-order valence-electron chi connectivity index (χ4n) is 2.65. The summed E-state index contributed by atoms with van der Waals surface area (Å²) in [4.78, 5) is 12.0. The van der Waals surface area contributed by atoms with Crippen molar-refractivity contribution in [3.8, 4) is 0 Å². The smallest absolute Gasteiger partial charge is 0.232 e. The molecule has 2 aromatic carbocycles. The SMILES string of the molecule is CS(=O)(=O)N(CCCC(=O)NCCOCc1ccccc1)c1ccc(Cl)cc1Cl. The van der Waals surface area contributed by atoms with Gasteiger partial charge in [0, 0.05) is 24.5 Å². The Morgan fingerprint density at radius 3 is 2.52 bits per heavy atom. The highest BCUT2D eigenvalue weighted by molar-refractivity contribution is 7.92. The molecule has 0 aliphatic heterocycles. The van der Waals surface area contributed by atoms with Gasteiger partial charge in [0.2, 0.25) is 15.9 Å². The lowest BCUT2D eigenvalue weighted by atomic mass is 10.2. The summed E-state index contributed by atoms with van der Waals surface area (Å²) in [5, 5.41) is 3.42. The van der Waals surface area contributed by atoms with E-state index in [1.165, 1.54) is 10.4 Å². The van der Waals surface area contributed by atoms with E-state index in [0.717, 1.165) is 11.8 Å². The second-order valence-electron chi connectivity index (χ2n) is 6.42. The van der Waals surface area contributed by atoms with E-state index in [9.17, 15) is 13.2 Å². The van der Waals surface area contributed by atoms with Crippen molar-refractivity contribution in [2.75, 3.05) is 30.3 Å². The van der Waals surface area contributed by atoms with Gasteiger partial charge in [-0.1, -0.05) is 53.5 Å². The summed E-state index contributed by atoms with van der Waals surface area (Å²) < 4.78 is 30.9. The third-order valence-electron chi connectivity index (χ3n) is 4.02. The average Bonchev–Trinajstić information content (AvgIpc) is 2.66. The monoisotopic (exact) mass is 458 g/mol. The van der Waals surface area contributed by atoms with E-state index in [2.05, 4.69) is 5.32 Å². The Bertz CT molecular complexity index is 908. The molecule has 0 aliphatic carbocycles. The Kier molecular flexibility index (Phi) is 9.23. The van der Waals surface area contributed by atoms with Crippen molar-refractivity contribution >= 4 is 44.8 Å². The minimum atomic E-state index is -3.55. The number of amides is 1. The minimum Gasteiger partial charge on any atom is -0.375 e. The molecule has 0 saturated heterocycles. The second kappa shape index (κ2) is 11.4. The van der Waals surface area contributed by atoms with E-state index in [1.807, 2.05) is 30.3 Å². The Morgan fingerprint density at radius 2 is 1.86 bits per heavy atom. The van der Waals surface area contributed by atoms with Crippen LogP contribution in [-0.4, -0.2) is 40.3 Å². The first-order valence-corrected chi connectivity index (χ1v) is 11.7. The second-order valence-corrected chi connectivity index (χ2v) is 9.17. The van der Waals surface area contributed by atoms with Crippen LogP contribution in [0.2, 0.25) is 10.0 Å². The highest BCUT2D eigenvalue weighted by Crippen LogP contribution is 2.30. The van der Waals surface area contributed by atoms with Crippen LogP contribution in [-0.2, 0) is 26.2 Å². The lowest BCUT2D eigenvalue weighted by molar-refractivity contribution is -0.121. The summed E-state index contributed by atoms with van der Waals surface area (Å²) in [6, 6.07) is 14.4. The van der Waals surface area contributed by atoms with Gasteiger partial charge in [-0.05, 0) is 30.2 Å². The molecule has 0 saturated carbocycles. The van der Waals surface area contributed by atoms with E-state index < -0.39 is 10.0 Å². The van der Waals surface area contributed by atoms with Gasteiger partial charge >= 0.3 is 0 Å². The van der Waals surface area contributed by atoms with Gasteiger partial charge in [0.05, 0.1) is 30.2 Å². The summed E-state index contributed by atoms with van der Waals surface area (Å²) >= 11 is 12.0. The number of nitrogens with one attached hydrogen (secondary N) is 1. The van der Waals surface area contributed by atoms with E-state index >= 15 is 0 Å². The van der Waals surface area contributed by atoms with Crippen molar-refractivity contribution in [1.82, 2.24) is 5.32 Å². The molecule has 0 bridgehead atoms. The third kappa shape index (κ3) is 8.22. The summed E-state index contributed by atoms with van der Waals surface area (Å²) in [6.07, 6.45) is 1.64. The molecule has 0 atom stereocenters. The number of hydrogen-bond donors (Lipinski definition) is 1. The van der Waals surface area contributed by atoms with Crippen LogP contribution in [0.4, 0.5) is 5.69 Å². The average molecular weight is 459 g/mol. The van der Waals surface area contributed by atoms with Crippen LogP contribution >= 0.6 is 23.2 Å². The van der Waals surface area contributed by atoms with Gasteiger partial charge in [-0.3, -0.25) is 9.10 Å². The van der Waals surface area contributed by atoms with Crippen LogP contribution in [0.25, 0.3) is 0 Å². The molecule has 9 heteroatoms. The van der Waals surface area contributed by atoms with Crippen LogP contribution in [0.15, 0.2) is 48.5 Å². The number of carbonyl (C=O) groups excluding carboxylic acids is 1. The summed E-state index contributed by atoms with van der Waals surface area (Å²) in [5.41, 5.74) is 1.41. The van der Waals surface area contributed by atoms with Crippen molar-refractivity contribution in [3.05, 3.63) is 64.1 Å². The lowest BCUT2D eigenvalue weighted by Crippen LogP contribution is -2.33. The molecular weight excluding hydrogens is 435 g/mol. The minimum absolute atomic E-state index is 0.137. The topological polar surface area (TPSA) is 75.7 Å². The molecule has 6 nitrogen and oxygen atoms in total. The largest absolute Gasteiger partial charge is 0.375 e. The molecule has 2 rings (SSSR count). The van der Waals surface area contributed by atoms with Crippen molar-refractivity contribution in [2.45, 2.75) is 19.4 Å². The number of ether oxygens (including phenoxy) is 1. The molecule has 1 amide bonds. The van der Waals surface area contributed by atoms with Gasteiger partial charge in [0.15, 0.2) is 0 Å². The molecule has 29 heavy (non-hydrogen) atoms. The number of carbonyl (C=O) groups is 1. The number of halogens is 2. The Balaban J connectivity index is 1.74. The summed E-state index contributed by atoms with van der Waals surface area (Å²) in [5.74, 6) is -0.163. The van der Waals surface area contributed by atoms with E-state index in [-0.39, 0.29) is 23.9 Å². The zero-order valence-corrected chi connectivity index (χ0v) is 18.4. The zero-order chi connectivity index (χ0) is 21.3. The normalized spacial score (nSPS) is 11.3. The predicted molar refractivity (Wildman–Crippen MR) is 117 cm³/mol. The molecule has 0 aliphatic rings. The zero-order valence-electron chi connectivity index (χ0n) is 16.1. The molecular formula is C20H24Cl2N2O4S. The molecule has 158 valence electrons. The highest BCUT2D eigenvalue weighted by atomic mass is 35.5. The predicted octanol–water partition coefficient (Wildman–Crippen LogP) is 3.87. The van der Waals surface area contributed by atoms with Crippen LogP contribution in [0, 0.1) is 0 Å². The first-order valence-electron chi connectivity index (χ1n) is 9.08. The quantitative estimate of drug-likeness (QED) is 0.518. The van der Waals surface area contributed by atoms with Gasteiger partial charge in [-0.25, -0.2) is 8.42 Å². The maximum Gasteiger partial charge on any atom is 0.232 e. The van der Waals surface area contributed by atoms with Crippen molar-refractivity contribution < 1.29 is 17.9 Å². The van der Waals surface area contributed by atoms with Gasteiger partial charge in [0.1, 0.15) is 0 Å². The third-order valence-corrected chi connectivity index (χ3v) is 5.74. The Labute approximate surface area is 181 Å². The number of anilines is 1. The van der Waals surface area contributed by atoms with Crippen LogP contribution in [0.3, 0.4) is 0 Å². The van der Waals surface area contributed by atoms with Crippen molar-refractivity contribution in [3.63, 3.8) is 0 Å². The van der Waals surface area contributed by atoms with Gasteiger partial charge in [-0.15, -0.1) is 0 Å². The van der Waals surface area contributed by atoms with Crippen LogP contribution < -0.4 is 9.62 Å². The molecule has 0 aromatic heterocycles. The molecule has 0 spiro atoms. The number of rotatable bonds is 11. The first-order chi connectivity index (χ1) is 13.8. The van der Waals surface area contributed by atoms with Gasteiger partial charge in [-0.2, -0.15) is 0 Å². The number of benzene rings is 2. The Hall–Kier alpha value is -1.80. The molecule has 2 aromatic rings. The molecule has 1 N–H and O–H groups in total. The summed E-state index contributed by atoms with van der Waals surface area (Å²) in [6.45, 7) is 1.42. The summed E-state index contributed by atoms with van der Waals surface area (Å²) in [7, 11) is -3.55. The molecule has 0 unspecified atom stereocenters. The number of sulfonamides is 1. The van der Waals surface area contributed by atoms with E-state index in [0.29, 0.717) is 36.9 Å². The van der Waals surface area contributed by atoms with Crippen molar-refractivity contribution in [2.24, 2.45) is 0 Å². The fourth-order valence-corrected chi connectivity index (χ4v) is 4.18. The maximum absolute atomic E-state index is 12.1. The number of hydrogen-bond acceptors (Lipinski definition) is 4. The fraction of sp³-hybridized carbons (Fsp3) is 0.350. The standard InChI is InChI=1S/C20H24Cl2N2O4S/c1-29(26,27)24(19-10-9-17(21)14-18(19)22)12-5-8-20(25)23-11-13-28-15-16-6-3-2-4-7-16/h2-4,6-7,9-10,14H,5,8,11-13,15H2,1H3,(H,23,25). The maximum atomic E-state index is 12.1. The van der Waals surface area contributed by atoms with Crippen LogP contribution in [0.1, 0.15) is 18.4 Å². The van der Waals surface area contributed by atoms with Crippen LogP contribution in [0.5, 0.6) is 0 Å². The van der Waals surface area contributed by atoms with Gasteiger partial charge in [0.25, 0.3) is 0 Å². The van der Waals surface area contributed by atoms with E-state index in [4.69, 9.17) is 27.9 Å². The molecule has 0 radical (unpaired) electrons. The first kappa shape index (κ1) is 23.5. The van der Waals surface area contributed by atoms with Crippen molar-refractivity contribution in [1.29, 1.82) is 0 Å². The van der Waals surface area contributed by atoms with Gasteiger partial charge < -0.3 is 10.1 Å². The van der Waals surface area contributed by atoms with E-state index in [1.54, 1.807) is 12.1 Å². The lowest BCUT2D eigenvalue weighted by Gasteiger charge is -2.23. The molecule has 0 heterocycles. The number of nitrogens with zero attached hydrogens (tertiary/aromatic N) is 1. The Morgan fingerprint density at radius 1 is 1.14 bits per heavy atom. The molecule has 0 fully saturated rings.